The van der Waals surface area contributed by atoms with Gasteiger partial charge in [0, 0.05) is 37.8 Å². The minimum Gasteiger partial charge on any atom is -0.493 e. The van der Waals surface area contributed by atoms with Gasteiger partial charge >= 0.3 is 0 Å². The van der Waals surface area contributed by atoms with Crippen LogP contribution in [0.5, 0.6) is 11.5 Å². The van der Waals surface area contributed by atoms with Crippen LogP contribution in [0.4, 0.5) is 10.1 Å². The van der Waals surface area contributed by atoms with Gasteiger partial charge in [0.05, 0.1) is 19.9 Å². The molecule has 0 unspecified atom stereocenters. The van der Waals surface area contributed by atoms with E-state index >= 15 is 0 Å². The number of benzene rings is 2. The topological polar surface area (TPSA) is 66.4 Å². The fourth-order valence-electron chi connectivity index (χ4n) is 4.71. The first kappa shape index (κ1) is 24.0. The first-order valence-electron chi connectivity index (χ1n) is 11.9. The molecule has 0 atom stereocenters. The van der Waals surface area contributed by atoms with Gasteiger partial charge in [-0.15, -0.1) is 0 Å². The third-order valence-corrected chi connectivity index (χ3v) is 6.64. The largest absolute Gasteiger partial charge is 0.493 e. The number of methoxy groups -OCH3 is 2. The molecule has 2 aromatic carbocycles. The summed E-state index contributed by atoms with van der Waals surface area (Å²) in [5.41, 5.74) is 1.02. The van der Waals surface area contributed by atoms with Crippen molar-refractivity contribution < 1.29 is 18.7 Å². The molecule has 2 aromatic rings. The maximum Gasteiger partial charge on any atom is 0.258 e. The summed E-state index contributed by atoms with van der Waals surface area (Å²) < 4.78 is 24.0. The number of ether oxygens (including phenoxy) is 2. The van der Waals surface area contributed by atoms with Gasteiger partial charge in [-0.25, -0.2) is 9.38 Å². The Morgan fingerprint density at radius 3 is 2.26 bits per heavy atom. The van der Waals surface area contributed by atoms with E-state index in [9.17, 15) is 9.18 Å². The van der Waals surface area contributed by atoms with Crippen molar-refractivity contribution in [3.8, 4) is 11.5 Å². The molecule has 1 aliphatic carbocycles. The summed E-state index contributed by atoms with van der Waals surface area (Å²) in [6.07, 6.45) is 6.50. The maximum absolute atomic E-state index is 13.4. The molecule has 4 rings (SSSR count). The lowest BCUT2D eigenvalue weighted by Gasteiger charge is -2.41. The Hall–Kier alpha value is -3.13. The number of hydrogen-bond donors (Lipinski definition) is 1. The highest BCUT2D eigenvalue weighted by atomic mass is 19.1. The summed E-state index contributed by atoms with van der Waals surface area (Å²) in [6, 6.07) is 11.6. The van der Waals surface area contributed by atoms with Crippen molar-refractivity contribution in [2.24, 2.45) is 4.99 Å². The number of carbonyl (C=O) groups excluding carboxylic acids is 1. The van der Waals surface area contributed by atoms with Crippen molar-refractivity contribution in [1.82, 2.24) is 15.1 Å². The molecule has 1 aliphatic heterocycles. The Labute approximate surface area is 200 Å². The van der Waals surface area contributed by atoms with E-state index in [4.69, 9.17) is 9.47 Å². The standard InChI is InChI=1S/C26H33FN4O3/c1-33-23-13-8-19(18-24(23)34-2)25(32)29-26(28-21-11-9-20(27)10-12-21)31-16-14-30(15-17-31)22-6-4-3-5-7-22/h8-13,18,22H,3-7,14-17H2,1-2H3,(H,28,29,32). The monoisotopic (exact) mass is 468 g/mol. The molecule has 7 nitrogen and oxygen atoms in total. The molecule has 0 aromatic heterocycles. The Balaban J connectivity index is 1.51. The zero-order valence-corrected chi connectivity index (χ0v) is 19.9. The van der Waals surface area contributed by atoms with Crippen LogP contribution in [-0.2, 0) is 0 Å². The number of guanidine groups is 1. The van der Waals surface area contributed by atoms with Crippen molar-refractivity contribution in [3.05, 3.63) is 53.8 Å². The van der Waals surface area contributed by atoms with E-state index in [-0.39, 0.29) is 11.7 Å². The molecule has 2 aliphatic rings. The first-order valence-corrected chi connectivity index (χ1v) is 11.9. The minimum absolute atomic E-state index is 0.295. The summed E-state index contributed by atoms with van der Waals surface area (Å²) in [5.74, 6) is 0.883. The Kier molecular flexibility index (Phi) is 8.00. The van der Waals surface area contributed by atoms with E-state index in [2.05, 4.69) is 20.1 Å². The van der Waals surface area contributed by atoms with Crippen LogP contribution in [0, 0.1) is 5.82 Å². The van der Waals surface area contributed by atoms with Crippen LogP contribution in [0.2, 0.25) is 0 Å². The van der Waals surface area contributed by atoms with Crippen molar-refractivity contribution in [2.45, 2.75) is 38.1 Å². The second kappa shape index (κ2) is 11.3. The number of nitrogens with zero attached hydrogens (tertiary/aromatic N) is 3. The van der Waals surface area contributed by atoms with Crippen LogP contribution in [0.3, 0.4) is 0 Å². The third-order valence-electron chi connectivity index (χ3n) is 6.64. The number of halogens is 1. The molecule has 2 fully saturated rings. The summed E-state index contributed by atoms with van der Waals surface area (Å²) in [6.45, 7) is 3.39. The molecule has 182 valence electrons. The van der Waals surface area contributed by atoms with Gasteiger partial charge in [-0.05, 0) is 55.3 Å². The highest BCUT2D eigenvalue weighted by Gasteiger charge is 2.27. The highest BCUT2D eigenvalue weighted by Crippen LogP contribution is 2.28. The summed E-state index contributed by atoms with van der Waals surface area (Å²) in [5, 5.41) is 2.98. The molecular weight excluding hydrogens is 435 g/mol. The second-order valence-corrected chi connectivity index (χ2v) is 8.75. The van der Waals surface area contributed by atoms with Gasteiger partial charge < -0.3 is 14.4 Å². The molecule has 34 heavy (non-hydrogen) atoms. The van der Waals surface area contributed by atoms with Gasteiger partial charge in [-0.3, -0.25) is 15.0 Å². The number of rotatable bonds is 5. The van der Waals surface area contributed by atoms with Crippen LogP contribution in [0.1, 0.15) is 42.5 Å². The number of carbonyl (C=O) groups is 1. The molecule has 1 saturated carbocycles. The van der Waals surface area contributed by atoms with E-state index in [1.807, 2.05) is 0 Å². The van der Waals surface area contributed by atoms with Crippen LogP contribution < -0.4 is 14.8 Å². The molecule has 0 bridgehead atoms. The first-order chi connectivity index (χ1) is 16.6. The molecule has 1 N–H and O–H groups in total. The van der Waals surface area contributed by atoms with Gasteiger partial charge in [0.1, 0.15) is 5.82 Å². The van der Waals surface area contributed by atoms with Crippen molar-refractivity contribution in [3.63, 3.8) is 0 Å². The third kappa shape index (κ3) is 5.86. The van der Waals surface area contributed by atoms with Crippen LogP contribution in [0.15, 0.2) is 47.5 Å². The highest BCUT2D eigenvalue weighted by molar-refractivity contribution is 6.06. The Morgan fingerprint density at radius 1 is 0.941 bits per heavy atom. The van der Waals surface area contributed by atoms with Crippen LogP contribution in [-0.4, -0.2) is 68.1 Å². The quantitative estimate of drug-likeness (QED) is 0.526. The van der Waals surface area contributed by atoms with Gasteiger partial charge in [0.15, 0.2) is 11.5 Å². The molecule has 0 radical (unpaired) electrons. The Bertz CT molecular complexity index is 998. The van der Waals surface area contributed by atoms with Gasteiger partial charge in [-0.1, -0.05) is 19.3 Å². The molecule has 8 heteroatoms. The number of hydrogen-bond acceptors (Lipinski definition) is 5. The molecular formula is C26H33FN4O3. The van der Waals surface area contributed by atoms with Gasteiger partial charge in [0.25, 0.3) is 5.91 Å². The average Bonchev–Trinajstić information content (AvgIpc) is 2.89. The van der Waals surface area contributed by atoms with Crippen molar-refractivity contribution in [2.75, 3.05) is 40.4 Å². The van der Waals surface area contributed by atoms with E-state index in [0.29, 0.717) is 34.8 Å². The van der Waals surface area contributed by atoms with E-state index in [1.165, 1.54) is 51.3 Å². The van der Waals surface area contributed by atoms with Crippen molar-refractivity contribution >= 4 is 17.6 Å². The summed E-state index contributed by atoms with van der Waals surface area (Å²) in [4.78, 5) is 22.5. The number of amides is 1. The van der Waals surface area contributed by atoms with E-state index < -0.39 is 0 Å². The molecule has 1 amide bonds. The van der Waals surface area contributed by atoms with Gasteiger partial charge in [-0.2, -0.15) is 0 Å². The zero-order chi connectivity index (χ0) is 23.9. The molecule has 0 spiro atoms. The minimum atomic E-state index is -0.323. The second-order valence-electron chi connectivity index (χ2n) is 8.75. The lowest BCUT2D eigenvalue weighted by Crippen LogP contribution is -2.55. The van der Waals surface area contributed by atoms with Gasteiger partial charge in [0.2, 0.25) is 5.96 Å². The average molecular weight is 469 g/mol. The molecule has 1 heterocycles. The Morgan fingerprint density at radius 2 is 1.62 bits per heavy atom. The predicted molar refractivity (Wildman–Crippen MR) is 131 cm³/mol. The lowest BCUT2D eigenvalue weighted by molar-refractivity contribution is 0.0943. The lowest BCUT2D eigenvalue weighted by atomic mass is 9.94. The van der Waals surface area contributed by atoms with Crippen molar-refractivity contribution in [1.29, 1.82) is 0 Å². The summed E-state index contributed by atoms with van der Waals surface area (Å²) >= 11 is 0. The fraction of sp³-hybridized carbons (Fsp3) is 0.462. The smallest absolute Gasteiger partial charge is 0.258 e. The summed E-state index contributed by atoms with van der Waals surface area (Å²) in [7, 11) is 3.09. The fourth-order valence-corrected chi connectivity index (χ4v) is 4.71. The molecule has 1 saturated heterocycles. The number of nitrogens with one attached hydrogen (secondary N) is 1. The van der Waals surface area contributed by atoms with E-state index in [0.717, 1.165) is 26.2 Å². The van der Waals surface area contributed by atoms with E-state index in [1.54, 1.807) is 37.4 Å². The number of aliphatic imine (C=N–C) groups is 1. The predicted octanol–water partition coefficient (Wildman–Crippen LogP) is 4.21. The normalized spacial score (nSPS) is 18.0. The SMILES string of the molecule is COc1ccc(C(=O)NC(=Nc2ccc(F)cc2)N2CCN(C3CCCCC3)CC2)cc1OC. The van der Waals surface area contributed by atoms with Crippen LogP contribution >= 0.6 is 0 Å². The zero-order valence-electron chi connectivity index (χ0n) is 19.9. The van der Waals surface area contributed by atoms with Crippen LogP contribution in [0.25, 0.3) is 0 Å². The number of piperazine rings is 1. The maximum atomic E-state index is 13.4.